The first-order valence-electron chi connectivity index (χ1n) is 5.27. The van der Waals surface area contributed by atoms with Gasteiger partial charge in [0.05, 0.1) is 0 Å². The van der Waals surface area contributed by atoms with Crippen molar-refractivity contribution in [2.24, 2.45) is 0 Å². The van der Waals surface area contributed by atoms with Crippen molar-refractivity contribution in [1.29, 1.82) is 0 Å². The number of fused-ring (bicyclic) bond motifs is 1. The lowest BCUT2D eigenvalue weighted by Crippen LogP contribution is -2.13. The summed E-state index contributed by atoms with van der Waals surface area (Å²) in [5.41, 5.74) is 2.36. The third-order valence-corrected chi connectivity index (χ3v) is 2.62. The lowest BCUT2D eigenvalue weighted by molar-refractivity contribution is 0.667. The number of aromatic amines is 1. The molecular formula is C12H15ClN2. The molecule has 80 valence electrons. The molecular weight excluding hydrogens is 208 g/mol. The number of H-pyrrole nitrogens is 1. The quantitative estimate of drug-likeness (QED) is 0.764. The molecule has 0 fully saturated rings. The lowest BCUT2D eigenvalue weighted by atomic mass is 10.2. The zero-order chi connectivity index (χ0) is 10.7. The topological polar surface area (TPSA) is 27.8 Å². The molecule has 3 heteroatoms. The molecule has 0 saturated heterocycles. The molecule has 1 aromatic heterocycles. The van der Waals surface area contributed by atoms with Gasteiger partial charge in [-0.15, -0.1) is 0 Å². The zero-order valence-electron chi connectivity index (χ0n) is 8.81. The fraction of sp³-hybridized carbons (Fsp3) is 0.333. The first-order chi connectivity index (χ1) is 7.29. The van der Waals surface area contributed by atoms with Gasteiger partial charge in [0, 0.05) is 28.2 Å². The minimum Gasteiger partial charge on any atom is -0.357 e. The normalized spacial score (nSPS) is 11.1. The maximum atomic E-state index is 5.93. The van der Waals surface area contributed by atoms with Gasteiger partial charge >= 0.3 is 0 Å². The van der Waals surface area contributed by atoms with E-state index in [0.717, 1.165) is 30.0 Å². The van der Waals surface area contributed by atoms with Crippen LogP contribution in [0.25, 0.3) is 10.9 Å². The molecule has 0 saturated carbocycles. The SMILES string of the molecule is CCCNCc1cc2cc(Cl)ccc2[nH]1. The molecule has 2 nitrogen and oxygen atoms in total. The molecule has 0 aliphatic heterocycles. The van der Waals surface area contributed by atoms with Crippen LogP contribution in [-0.4, -0.2) is 11.5 Å². The molecule has 2 aromatic rings. The number of rotatable bonds is 4. The van der Waals surface area contributed by atoms with Gasteiger partial charge in [-0.2, -0.15) is 0 Å². The second kappa shape index (κ2) is 4.69. The average molecular weight is 223 g/mol. The fourth-order valence-corrected chi connectivity index (χ4v) is 1.84. The van der Waals surface area contributed by atoms with Crippen LogP contribution in [0.1, 0.15) is 19.0 Å². The molecule has 0 radical (unpaired) electrons. The largest absolute Gasteiger partial charge is 0.357 e. The number of halogens is 1. The first-order valence-corrected chi connectivity index (χ1v) is 5.65. The minimum atomic E-state index is 0.787. The van der Waals surface area contributed by atoms with Gasteiger partial charge < -0.3 is 10.3 Å². The molecule has 0 bridgehead atoms. The standard InChI is InChI=1S/C12H15ClN2/c1-2-5-14-8-11-7-9-6-10(13)3-4-12(9)15-11/h3-4,6-7,14-15H,2,5,8H2,1H3. The van der Waals surface area contributed by atoms with Gasteiger partial charge in [0.1, 0.15) is 0 Å². The Kier molecular flexibility index (Phi) is 3.29. The van der Waals surface area contributed by atoms with Crippen LogP contribution >= 0.6 is 11.6 Å². The van der Waals surface area contributed by atoms with E-state index in [1.54, 1.807) is 0 Å². The smallest absolute Gasteiger partial charge is 0.0457 e. The molecule has 0 aliphatic rings. The Morgan fingerprint density at radius 1 is 1.33 bits per heavy atom. The number of nitrogens with one attached hydrogen (secondary N) is 2. The summed E-state index contributed by atoms with van der Waals surface area (Å²) in [6.45, 7) is 4.11. The van der Waals surface area contributed by atoms with E-state index in [2.05, 4.69) is 23.3 Å². The molecule has 2 rings (SSSR count). The van der Waals surface area contributed by atoms with Crippen molar-refractivity contribution in [3.63, 3.8) is 0 Å². The van der Waals surface area contributed by atoms with Gasteiger partial charge in [-0.05, 0) is 37.2 Å². The molecule has 0 aliphatic carbocycles. The van der Waals surface area contributed by atoms with Crippen molar-refractivity contribution in [3.8, 4) is 0 Å². The van der Waals surface area contributed by atoms with E-state index in [4.69, 9.17) is 11.6 Å². The highest BCUT2D eigenvalue weighted by Gasteiger charge is 2.00. The Bertz CT molecular complexity index is 448. The van der Waals surface area contributed by atoms with Crippen LogP contribution in [0.5, 0.6) is 0 Å². The van der Waals surface area contributed by atoms with E-state index in [9.17, 15) is 0 Å². The predicted molar refractivity (Wildman–Crippen MR) is 65.3 cm³/mol. The van der Waals surface area contributed by atoms with Crippen LogP contribution in [0.3, 0.4) is 0 Å². The molecule has 0 unspecified atom stereocenters. The Labute approximate surface area is 94.6 Å². The zero-order valence-corrected chi connectivity index (χ0v) is 9.56. The van der Waals surface area contributed by atoms with Crippen molar-refractivity contribution in [3.05, 3.63) is 35.0 Å². The van der Waals surface area contributed by atoms with Crippen molar-refractivity contribution >= 4 is 22.5 Å². The molecule has 0 spiro atoms. The summed E-state index contributed by atoms with van der Waals surface area (Å²) in [6, 6.07) is 8.05. The molecule has 2 N–H and O–H groups in total. The second-order valence-corrected chi connectivity index (χ2v) is 4.14. The molecule has 1 heterocycles. The van der Waals surface area contributed by atoms with E-state index >= 15 is 0 Å². The van der Waals surface area contributed by atoms with Gasteiger partial charge in [0.25, 0.3) is 0 Å². The van der Waals surface area contributed by atoms with Crippen LogP contribution in [0.15, 0.2) is 24.3 Å². The Morgan fingerprint density at radius 3 is 3.00 bits per heavy atom. The van der Waals surface area contributed by atoms with Crippen LogP contribution in [-0.2, 0) is 6.54 Å². The predicted octanol–water partition coefficient (Wildman–Crippen LogP) is 3.32. The van der Waals surface area contributed by atoms with Crippen molar-refractivity contribution < 1.29 is 0 Å². The number of aromatic nitrogens is 1. The molecule has 0 atom stereocenters. The summed E-state index contributed by atoms with van der Waals surface area (Å²) >= 11 is 5.93. The van der Waals surface area contributed by atoms with Gasteiger partial charge in [0.15, 0.2) is 0 Å². The third kappa shape index (κ3) is 2.52. The molecule has 1 aromatic carbocycles. The van der Waals surface area contributed by atoms with Gasteiger partial charge in [0.2, 0.25) is 0 Å². The Balaban J connectivity index is 2.16. The molecule has 15 heavy (non-hydrogen) atoms. The summed E-state index contributed by atoms with van der Waals surface area (Å²) in [4.78, 5) is 3.36. The average Bonchev–Trinajstić information content (AvgIpc) is 2.60. The number of hydrogen-bond acceptors (Lipinski definition) is 1. The summed E-state index contributed by atoms with van der Waals surface area (Å²) < 4.78 is 0. The summed E-state index contributed by atoms with van der Waals surface area (Å²) in [6.07, 6.45) is 1.16. The van der Waals surface area contributed by atoms with Crippen LogP contribution in [0, 0.1) is 0 Å². The monoisotopic (exact) mass is 222 g/mol. The van der Waals surface area contributed by atoms with Gasteiger partial charge in [-0.3, -0.25) is 0 Å². The summed E-state index contributed by atoms with van der Waals surface area (Å²) in [5, 5.41) is 5.33. The van der Waals surface area contributed by atoms with E-state index < -0.39 is 0 Å². The van der Waals surface area contributed by atoms with Crippen molar-refractivity contribution in [2.45, 2.75) is 19.9 Å². The maximum absolute atomic E-state index is 5.93. The van der Waals surface area contributed by atoms with Crippen LogP contribution < -0.4 is 5.32 Å². The van der Waals surface area contributed by atoms with Gasteiger partial charge in [-0.1, -0.05) is 18.5 Å². The first kappa shape index (κ1) is 10.5. The van der Waals surface area contributed by atoms with Crippen molar-refractivity contribution in [2.75, 3.05) is 6.54 Å². The summed E-state index contributed by atoms with van der Waals surface area (Å²) in [7, 11) is 0. The van der Waals surface area contributed by atoms with E-state index in [1.807, 2.05) is 18.2 Å². The molecule has 0 amide bonds. The van der Waals surface area contributed by atoms with Crippen LogP contribution in [0.4, 0.5) is 0 Å². The van der Waals surface area contributed by atoms with E-state index in [0.29, 0.717) is 0 Å². The van der Waals surface area contributed by atoms with Gasteiger partial charge in [-0.25, -0.2) is 0 Å². The highest BCUT2D eigenvalue weighted by atomic mass is 35.5. The fourth-order valence-electron chi connectivity index (χ4n) is 1.66. The number of hydrogen-bond donors (Lipinski definition) is 2. The third-order valence-electron chi connectivity index (χ3n) is 2.38. The highest BCUT2D eigenvalue weighted by Crippen LogP contribution is 2.19. The summed E-state index contributed by atoms with van der Waals surface area (Å²) in [5.74, 6) is 0. The Morgan fingerprint density at radius 2 is 2.20 bits per heavy atom. The minimum absolute atomic E-state index is 0.787. The van der Waals surface area contributed by atoms with E-state index in [1.165, 1.54) is 11.1 Å². The highest BCUT2D eigenvalue weighted by molar-refractivity contribution is 6.31. The van der Waals surface area contributed by atoms with Crippen molar-refractivity contribution in [1.82, 2.24) is 10.3 Å². The maximum Gasteiger partial charge on any atom is 0.0457 e. The van der Waals surface area contributed by atoms with Crippen LogP contribution in [0.2, 0.25) is 5.02 Å². The number of benzene rings is 1. The Hall–Kier alpha value is -0.990. The van der Waals surface area contributed by atoms with E-state index in [-0.39, 0.29) is 0 Å². The second-order valence-electron chi connectivity index (χ2n) is 3.70. The lowest BCUT2D eigenvalue weighted by Gasteiger charge is -1.98.